The number of nitrogens with one attached hydrogen (secondary N) is 1. The van der Waals surface area contributed by atoms with Gasteiger partial charge in [0, 0.05) is 5.54 Å². The maximum absolute atomic E-state index is 12.1. The Labute approximate surface area is 142 Å². The first kappa shape index (κ1) is 17.2. The highest BCUT2D eigenvalue weighted by molar-refractivity contribution is 7.85. The van der Waals surface area contributed by atoms with E-state index in [0.717, 1.165) is 43.9 Å². The molecule has 0 unspecified atom stereocenters. The van der Waals surface area contributed by atoms with E-state index < -0.39 is 16.2 Å². The van der Waals surface area contributed by atoms with Crippen LogP contribution < -0.4 is 5.32 Å². The molecule has 0 heterocycles. The number of hydrogen-bond acceptors (Lipinski definition) is 5. The first-order valence-electron chi connectivity index (χ1n) is 8.13. The molecule has 2 bridgehead atoms. The van der Waals surface area contributed by atoms with Gasteiger partial charge in [-0.1, -0.05) is 30.3 Å². The van der Waals surface area contributed by atoms with Crippen molar-refractivity contribution in [3.8, 4) is 0 Å². The molecule has 2 aliphatic rings. The van der Waals surface area contributed by atoms with Crippen molar-refractivity contribution in [1.29, 1.82) is 0 Å². The standard InChI is InChI=1S/C17H23NO5S/c1-24(20,21)23-13-16-7-9-17(12-16,10-8-16)18-15(19)22-11-14-5-3-2-4-6-14/h2-6H,7-13H2,1H3,(H,18,19). The second kappa shape index (κ2) is 6.37. The predicted molar refractivity (Wildman–Crippen MR) is 88.8 cm³/mol. The average molecular weight is 353 g/mol. The second-order valence-corrected chi connectivity index (χ2v) is 8.75. The van der Waals surface area contributed by atoms with E-state index in [1.54, 1.807) is 0 Å². The fourth-order valence-corrected chi connectivity index (χ4v) is 4.37. The van der Waals surface area contributed by atoms with Gasteiger partial charge in [0.1, 0.15) is 6.61 Å². The van der Waals surface area contributed by atoms with E-state index in [-0.39, 0.29) is 24.2 Å². The minimum atomic E-state index is -3.44. The van der Waals surface area contributed by atoms with E-state index in [1.807, 2.05) is 30.3 Å². The SMILES string of the molecule is CS(=O)(=O)OCC12CCC(NC(=O)OCc3ccccc3)(CC1)C2. The fourth-order valence-electron chi connectivity index (χ4n) is 3.90. The van der Waals surface area contributed by atoms with Gasteiger partial charge in [-0.25, -0.2) is 4.79 Å². The summed E-state index contributed by atoms with van der Waals surface area (Å²) in [6.45, 7) is 0.444. The van der Waals surface area contributed by atoms with Crippen LogP contribution in [0.5, 0.6) is 0 Å². The molecule has 1 N–H and O–H groups in total. The number of hydrogen-bond donors (Lipinski definition) is 1. The maximum Gasteiger partial charge on any atom is 0.407 e. The van der Waals surface area contributed by atoms with Crippen molar-refractivity contribution in [3.05, 3.63) is 35.9 Å². The highest BCUT2D eigenvalue weighted by Gasteiger charge is 2.55. The van der Waals surface area contributed by atoms with Crippen LogP contribution in [0.3, 0.4) is 0 Å². The van der Waals surface area contributed by atoms with Gasteiger partial charge in [-0.3, -0.25) is 4.18 Å². The van der Waals surface area contributed by atoms with Crippen molar-refractivity contribution in [1.82, 2.24) is 5.32 Å². The molecule has 0 saturated heterocycles. The number of ether oxygens (including phenoxy) is 1. The molecule has 0 aliphatic heterocycles. The number of carbonyl (C=O) groups is 1. The number of fused-ring (bicyclic) bond motifs is 2. The lowest BCUT2D eigenvalue weighted by molar-refractivity contribution is 0.126. The molecule has 2 aliphatic carbocycles. The summed E-state index contributed by atoms with van der Waals surface area (Å²) >= 11 is 0. The van der Waals surface area contributed by atoms with Gasteiger partial charge in [0.2, 0.25) is 0 Å². The first-order chi connectivity index (χ1) is 11.3. The lowest BCUT2D eigenvalue weighted by Gasteiger charge is -2.28. The van der Waals surface area contributed by atoms with Gasteiger partial charge in [-0.2, -0.15) is 8.42 Å². The third-order valence-corrected chi connectivity index (χ3v) is 5.69. The zero-order chi connectivity index (χ0) is 17.3. The van der Waals surface area contributed by atoms with Crippen LogP contribution in [0, 0.1) is 5.41 Å². The van der Waals surface area contributed by atoms with Gasteiger partial charge in [0.25, 0.3) is 10.1 Å². The van der Waals surface area contributed by atoms with Crippen LogP contribution in [-0.2, 0) is 25.6 Å². The monoisotopic (exact) mass is 353 g/mol. The summed E-state index contributed by atoms with van der Waals surface area (Å²) in [5.41, 5.74) is 0.517. The Morgan fingerprint density at radius 3 is 2.46 bits per heavy atom. The van der Waals surface area contributed by atoms with Gasteiger partial charge in [-0.15, -0.1) is 0 Å². The number of benzene rings is 1. The minimum Gasteiger partial charge on any atom is -0.445 e. The Bertz CT molecular complexity index is 693. The lowest BCUT2D eigenvalue weighted by atomic mass is 9.85. The van der Waals surface area contributed by atoms with Gasteiger partial charge in [0.15, 0.2) is 0 Å². The molecule has 1 amide bonds. The molecule has 3 rings (SSSR count). The summed E-state index contributed by atoms with van der Waals surface area (Å²) in [6, 6.07) is 9.53. The second-order valence-electron chi connectivity index (χ2n) is 7.11. The normalized spacial score (nSPS) is 28.7. The Morgan fingerprint density at radius 1 is 1.17 bits per heavy atom. The predicted octanol–water partition coefficient (Wildman–Crippen LogP) is 2.59. The van der Waals surface area contributed by atoms with Crippen molar-refractivity contribution >= 4 is 16.2 Å². The first-order valence-corrected chi connectivity index (χ1v) is 9.95. The Kier molecular flexibility index (Phi) is 4.57. The van der Waals surface area contributed by atoms with Crippen LogP contribution in [0.25, 0.3) is 0 Å². The third-order valence-electron chi connectivity index (χ3n) is 5.14. The summed E-state index contributed by atoms with van der Waals surface area (Å²) in [5.74, 6) is 0. The average Bonchev–Trinajstić information content (AvgIpc) is 3.08. The Balaban J connectivity index is 1.52. The van der Waals surface area contributed by atoms with E-state index in [9.17, 15) is 13.2 Å². The minimum absolute atomic E-state index is 0.143. The van der Waals surface area contributed by atoms with Crippen LogP contribution in [-0.4, -0.2) is 32.9 Å². The molecule has 24 heavy (non-hydrogen) atoms. The van der Waals surface area contributed by atoms with Gasteiger partial charge in [-0.05, 0) is 43.1 Å². The molecular weight excluding hydrogens is 330 g/mol. The molecule has 6 nitrogen and oxygen atoms in total. The smallest absolute Gasteiger partial charge is 0.407 e. The topological polar surface area (TPSA) is 81.7 Å². The van der Waals surface area contributed by atoms with Crippen molar-refractivity contribution < 1.29 is 22.1 Å². The van der Waals surface area contributed by atoms with Crippen molar-refractivity contribution in [2.45, 2.75) is 44.2 Å². The van der Waals surface area contributed by atoms with E-state index >= 15 is 0 Å². The number of alkyl carbamates (subject to hydrolysis) is 1. The zero-order valence-corrected chi connectivity index (χ0v) is 14.6. The molecule has 2 fully saturated rings. The molecule has 2 saturated carbocycles. The zero-order valence-electron chi connectivity index (χ0n) is 13.8. The van der Waals surface area contributed by atoms with Gasteiger partial charge >= 0.3 is 6.09 Å². The highest BCUT2D eigenvalue weighted by Crippen LogP contribution is 2.56. The number of rotatable bonds is 6. The summed E-state index contributed by atoms with van der Waals surface area (Å²) in [6.07, 6.45) is 4.79. The van der Waals surface area contributed by atoms with E-state index in [0.29, 0.717) is 0 Å². The Morgan fingerprint density at radius 2 is 1.83 bits per heavy atom. The van der Waals surface area contributed by atoms with Crippen LogP contribution in [0.15, 0.2) is 30.3 Å². The van der Waals surface area contributed by atoms with Gasteiger partial charge in [0.05, 0.1) is 12.9 Å². The van der Waals surface area contributed by atoms with E-state index in [1.165, 1.54) is 0 Å². The van der Waals surface area contributed by atoms with Crippen molar-refractivity contribution in [3.63, 3.8) is 0 Å². The third kappa shape index (κ3) is 4.08. The largest absolute Gasteiger partial charge is 0.445 e. The molecule has 132 valence electrons. The molecule has 1 aromatic rings. The molecule has 0 radical (unpaired) electrons. The number of carbonyl (C=O) groups excluding carboxylic acids is 1. The van der Waals surface area contributed by atoms with Crippen LogP contribution in [0.1, 0.15) is 37.7 Å². The lowest BCUT2D eigenvalue weighted by Crippen LogP contribution is -2.45. The summed E-state index contributed by atoms with van der Waals surface area (Å²) < 4.78 is 32.8. The fraction of sp³-hybridized carbons (Fsp3) is 0.588. The quantitative estimate of drug-likeness (QED) is 0.795. The maximum atomic E-state index is 12.1. The molecule has 0 aromatic heterocycles. The molecule has 1 aromatic carbocycles. The molecular formula is C17H23NO5S. The van der Waals surface area contributed by atoms with Crippen LogP contribution in [0.4, 0.5) is 4.79 Å². The van der Waals surface area contributed by atoms with Crippen LogP contribution in [0.2, 0.25) is 0 Å². The van der Waals surface area contributed by atoms with Crippen molar-refractivity contribution in [2.24, 2.45) is 5.41 Å². The van der Waals surface area contributed by atoms with E-state index in [4.69, 9.17) is 8.92 Å². The van der Waals surface area contributed by atoms with E-state index in [2.05, 4.69) is 5.32 Å². The van der Waals surface area contributed by atoms with Gasteiger partial charge < -0.3 is 10.1 Å². The Hall–Kier alpha value is -1.60. The molecule has 0 atom stereocenters. The summed E-state index contributed by atoms with van der Waals surface area (Å²) in [4.78, 5) is 12.1. The molecule has 0 spiro atoms. The van der Waals surface area contributed by atoms with Crippen LogP contribution >= 0.6 is 0 Å². The van der Waals surface area contributed by atoms with Crippen molar-refractivity contribution in [2.75, 3.05) is 12.9 Å². The molecule has 7 heteroatoms. The number of amides is 1. The summed E-state index contributed by atoms with van der Waals surface area (Å²) in [7, 11) is -3.44. The highest BCUT2D eigenvalue weighted by atomic mass is 32.2. The summed E-state index contributed by atoms with van der Waals surface area (Å²) in [5, 5.41) is 3.01.